The summed E-state index contributed by atoms with van der Waals surface area (Å²) in [4.78, 5) is 8.73. The van der Waals surface area contributed by atoms with Crippen molar-refractivity contribution in [2.75, 3.05) is 13.2 Å². The number of furan rings is 1. The minimum absolute atomic E-state index is 0.263. The third-order valence-corrected chi connectivity index (χ3v) is 3.77. The van der Waals surface area contributed by atoms with E-state index in [1.165, 1.54) is 0 Å². The SMILES string of the molecule is c1coc(-c2noc(CCCc3nc([C@H]4CCOC4)no3)n2)c1. The van der Waals surface area contributed by atoms with Gasteiger partial charge < -0.3 is 18.2 Å². The molecule has 0 spiro atoms. The van der Waals surface area contributed by atoms with Crippen LogP contribution in [0.4, 0.5) is 0 Å². The molecule has 0 saturated carbocycles. The van der Waals surface area contributed by atoms with Gasteiger partial charge in [0.25, 0.3) is 0 Å². The van der Waals surface area contributed by atoms with Crippen LogP contribution < -0.4 is 0 Å². The standard InChI is InChI=1S/C15H16N4O4/c1(4-12-16-14(18-22-12)10-6-8-20-9-10)5-13-17-15(19-23-13)11-3-2-7-21-11/h2-3,7,10H,1,4-6,8-9H2/t10-/m0/s1. The third kappa shape index (κ3) is 3.16. The van der Waals surface area contributed by atoms with Crippen LogP contribution in [-0.4, -0.2) is 33.5 Å². The maximum absolute atomic E-state index is 5.34. The van der Waals surface area contributed by atoms with Gasteiger partial charge in [-0.2, -0.15) is 9.97 Å². The fourth-order valence-electron chi connectivity index (χ4n) is 2.53. The Balaban J connectivity index is 1.30. The molecule has 4 heterocycles. The van der Waals surface area contributed by atoms with Crippen molar-refractivity contribution in [1.82, 2.24) is 20.3 Å². The van der Waals surface area contributed by atoms with Crippen LogP contribution in [0.5, 0.6) is 0 Å². The maximum Gasteiger partial charge on any atom is 0.238 e. The summed E-state index contributed by atoms with van der Waals surface area (Å²) in [6, 6.07) is 3.58. The van der Waals surface area contributed by atoms with Crippen LogP contribution in [0.15, 0.2) is 31.9 Å². The molecule has 23 heavy (non-hydrogen) atoms. The Labute approximate surface area is 131 Å². The fourth-order valence-corrected chi connectivity index (χ4v) is 2.53. The van der Waals surface area contributed by atoms with Crippen molar-refractivity contribution >= 4 is 0 Å². The number of nitrogens with zero attached hydrogens (tertiary/aromatic N) is 4. The van der Waals surface area contributed by atoms with E-state index >= 15 is 0 Å². The first-order chi connectivity index (χ1) is 11.4. The number of hydrogen-bond donors (Lipinski definition) is 0. The first kappa shape index (κ1) is 14.1. The van der Waals surface area contributed by atoms with Gasteiger partial charge in [0.2, 0.25) is 17.6 Å². The lowest BCUT2D eigenvalue weighted by Crippen LogP contribution is -2.00. The molecule has 3 aromatic rings. The fraction of sp³-hybridized carbons (Fsp3) is 0.467. The van der Waals surface area contributed by atoms with Gasteiger partial charge in [0, 0.05) is 25.4 Å². The van der Waals surface area contributed by atoms with Gasteiger partial charge in [0.05, 0.1) is 12.9 Å². The Hall–Kier alpha value is -2.48. The zero-order valence-corrected chi connectivity index (χ0v) is 12.5. The van der Waals surface area contributed by atoms with E-state index in [1.807, 2.05) is 0 Å². The van der Waals surface area contributed by atoms with Crippen LogP contribution in [0.25, 0.3) is 11.6 Å². The highest BCUT2D eigenvalue weighted by Crippen LogP contribution is 2.22. The summed E-state index contributed by atoms with van der Waals surface area (Å²) in [5.74, 6) is 3.28. The molecule has 8 heteroatoms. The zero-order chi connectivity index (χ0) is 15.5. The van der Waals surface area contributed by atoms with Crippen molar-refractivity contribution in [3.63, 3.8) is 0 Å². The molecule has 8 nitrogen and oxygen atoms in total. The van der Waals surface area contributed by atoms with E-state index < -0.39 is 0 Å². The van der Waals surface area contributed by atoms with Crippen molar-refractivity contribution in [3.8, 4) is 11.6 Å². The molecule has 1 saturated heterocycles. The molecule has 1 aliphatic rings. The van der Waals surface area contributed by atoms with E-state index in [4.69, 9.17) is 18.2 Å². The van der Waals surface area contributed by atoms with Crippen molar-refractivity contribution in [2.24, 2.45) is 0 Å². The topological polar surface area (TPSA) is 100 Å². The minimum atomic E-state index is 0.263. The summed E-state index contributed by atoms with van der Waals surface area (Å²) >= 11 is 0. The Morgan fingerprint density at radius 1 is 1.09 bits per heavy atom. The molecule has 3 aromatic heterocycles. The first-order valence-corrected chi connectivity index (χ1v) is 7.65. The summed E-state index contributed by atoms with van der Waals surface area (Å²) in [7, 11) is 0. The molecule has 0 radical (unpaired) electrons. The predicted octanol–water partition coefficient (Wildman–Crippen LogP) is 2.39. The number of ether oxygens (including phenoxy) is 1. The molecule has 1 aliphatic heterocycles. The van der Waals surface area contributed by atoms with Gasteiger partial charge in [-0.05, 0) is 25.0 Å². The van der Waals surface area contributed by atoms with E-state index in [2.05, 4.69) is 20.3 Å². The lowest BCUT2D eigenvalue weighted by atomic mass is 10.1. The molecule has 0 bridgehead atoms. The van der Waals surface area contributed by atoms with Crippen molar-refractivity contribution in [1.29, 1.82) is 0 Å². The minimum Gasteiger partial charge on any atom is -0.461 e. The van der Waals surface area contributed by atoms with E-state index in [9.17, 15) is 0 Å². The van der Waals surface area contributed by atoms with Gasteiger partial charge in [-0.15, -0.1) is 0 Å². The molecule has 0 aromatic carbocycles. The Bertz CT molecular complexity index is 743. The van der Waals surface area contributed by atoms with Crippen LogP contribution in [0.1, 0.15) is 36.4 Å². The van der Waals surface area contributed by atoms with Crippen molar-refractivity contribution < 1.29 is 18.2 Å². The first-order valence-electron chi connectivity index (χ1n) is 7.65. The average molecular weight is 316 g/mol. The van der Waals surface area contributed by atoms with Crippen LogP contribution >= 0.6 is 0 Å². The molecule has 1 atom stereocenters. The zero-order valence-electron chi connectivity index (χ0n) is 12.5. The van der Waals surface area contributed by atoms with Crippen molar-refractivity contribution in [2.45, 2.75) is 31.6 Å². The van der Waals surface area contributed by atoms with Gasteiger partial charge in [-0.1, -0.05) is 10.3 Å². The molecular weight excluding hydrogens is 300 g/mol. The normalized spacial score (nSPS) is 17.8. The lowest BCUT2D eigenvalue weighted by Gasteiger charge is -1.97. The monoisotopic (exact) mass is 316 g/mol. The van der Waals surface area contributed by atoms with Crippen LogP contribution in [0.2, 0.25) is 0 Å². The Morgan fingerprint density at radius 3 is 2.74 bits per heavy atom. The number of aromatic nitrogens is 4. The van der Waals surface area contributed by atoms with Crippen LogP contribution in [0.3, 0.4) is 0 Å². The third-order valence-electron chi connectivity index (χ3n) is 3.77. The molecule has 0 N–H and O–H groups in total. The van der Waals surface area contributed by atoms with E-state index in [0.717, 1.165) is 25.3 Å². The predicted molar refractivity (Wildman–Crippen MR) is 76.5 cm³/mol. The second-order valence-corrected chi connectivity index (χ2v) is 5.45. The highest BCUT2D eigenvalue weighted by Gasteiger charge is 2.23. The number of aryl methyl sites for hydroxylation is 2. The molecule has 4 rings (SSSR count). The molecule has 0 unspecified atom stereocenters. The lowest BCUT2D eigenvalue weighted by molar-refractivity contribution is 0.192. The van der Waals surface area contributed by atoms with Crippen LogP contribution in [-0.2, 0) is 17.6 Å². The summed E-state index contributed by atoms with van der Waals surface area (Å²) in [5.41, 5.74) is 0. The van der Waals surface area contributed by atoms with Crippen molar-refractivity contribution in [3.05, 3.63) is 36.0 Å². The summed E-state index contributed by atoms with van der Waals surface area (Å²) < 4.78 is 21.1. The molecular formula is C15H16N4O4. The summed E-state index contributed by atoms with van der Waals surface area (Å²) in [6.07, 6.45) is 4.66. The average Bonchev–Trinajstić information content (AvgIpc) is 3.33. The van der Waals surface area contributed by atoms with Gasteiger partial charge in [0.15, 0.2) is 11.6 Å². The second kappa shape index (κ2) is 6.33. The number of rotatable bonds is 6. The summed E-state index contributed by atoms with van der Waals surface area (Å²) in [6.45, 7) is 1.44. The van der Waals surface area contributed by atoms with E-state index in [0.29, 0.717) is 42.8 Å². The Kier molecular flexibility index (Phi) is 3.89. The quantitative estimate of drug-likeness (QED) is 0.683. The highest BCUT2D eigenvalue weighted by molar-refractivity contribution is 5.44. The van der Waals surface area contributed by atoms with Gasteiger partial charge in [-0.3, -0.25) is 0 Å². The van der Waals surface area contributed by atoms with Gasteiger partial charge in [-0.25, -0.2) is 0 Å². The Morgan fingerprint density at radius 2 is 1.96 bits per heavy atom. The highest BCUT2D eigenvalue weighted by atomic mass is 16.5. The summed E-state index contributed by atoms with van der Waals surface area (Å²) in [5, 5.41) is 7.93. The largest absolute Gasteiger partial charge is 0.461 e. The molecule has 0 aliphatic carbocycles. The van der Waals surface area contributed by atoms with E-state index in [1.54, 1.807) is 18.4 Å². The molecule has 1 fully saturated rings. The van der Waals surface area contributed by atoms with Gasteiger partial charge in [0.1, 0.15) is 0 Å². The number of hydrogen-bond acceptors (Lipinski definition) is 8. The molecule has 0 amide bonds. The smallest absolute Gasteiger partial charge is 0.238 e. The second-order valence-electron chi connectivity index (χ2n) is 5.45. The van der Waals surface area contributed by atoms with E-state index in [-0.39, 0.29) is 5.92 Å². The molecule has 120 valence electrons. The van der Waals surface area contributed by atoms with Crippen LogP contribution in [0, 0.1) is 0 Å². The maximum atomic E-state index is 5.34. The van der Waals surface area contributed by atoms with Gasteiger partial charge >= 0.3 is 0 Å².